The molecule has 3 nitrogen and oxygen atoms in total. The van der Waals surface area contributed by atoms with Gasteiger partial charge in [0.15, 0.2) is 0 Å². The number of anilines is 1. The third-order valence-electron chi connectivity index (χ3n) is 4.32. The number of benzene rings is 1. The fourth-order valence-electron chi connectivity index (χ4n) is 3.15. The Labute approximate surface area is 124 Å². The molecule has 0 saturated heterocycles. The second kappa shape index (κ2) is 5.13. The summed E-state index contributed by atoms with van der Waals surface area (Å²) >= 11 is 6.08. The zero-order valence-corrected chi connectivity index (χ0v) is 12.5. The molecule has 4 heteroatoms. The molecule has 1 N–H and O–H groups in total. The molecule has 2 aliphatic rings. The lowest BCUT2D eigenvalue weighted by atomic mass is 9.71. The van der Waals surface area contributed by atoms with Gasteiger partial charge in [0.1, 0.15) is 0 Å². The summed E-state index contributed by atoms with van der Waals surface area (Å²) in [4.78, 5) is 13.8. The van der Waals surface area contributed by atoms with Gasteiger partial charge in [0.05, 0.1) is 5.56 Å². The van der Waals surface area contributed by atoms with E-state index < -0.39 is 0 Å². The van der Waals surface area contributed by atoms with Gasteiger partial charge in [0.25, 0.3) is 5.91 Å². The van der Waals surface area contributed by atoms with Crippen molar-refractivity contribution in [3.05, 3.63) is 40.9 Å². The Morgan fingerprint density at radius 3 is 2.90 bits per heavy atom. The molecular formula is C16H19ClN2O. The van der Waals surface area contributed by atoms with Gasteiger partial charge in [-0.1, -0.05) is 23.8 Å². The summed E-state index contributed by atoms with van der Waals surface area (Å²) in [6.07, 6.45) is 6.92. The van der Waals surface area contributed by atoms with Gasteiger partial charge in [-0.3, -0.25) is 4.79 Å². The average molecular weight is 291 g/mol. The van der Waals surface area contributed by atoms with Crippen molar-refractivity contribution in [2.24, 2.45) is 11.8 Å². The Kier molecular flexibility index (Phi) is 3.47. The highest BCUT2D eigenvalue weighted by molar-refractivity contribution is 6.31. The standard InChI is InChI=1S/C16H19ClN2O/c1-19(2)16(20)13-7-6-11(17)9-15(13)18-14-8-10-4-3-5-12(10)14/h3,5-7,9-10,12,14,18H,4,8H2,1-2H3. The number of nitrogens with zero attached hydrogens (tertiary/aromatic N) is 1. The highest BCUT2D eigenvalue weighted by Crippen LogP contribution is 2.44. The van der Waals surface area contributed by atoms with Crippen molar-refractivity contribution in [2.45, 2.75) is 18.9 Å². The van der Waals surface area contributed by atoms with E-state index in [1.54, 1.807) is 31.1 Å². The summed E-state index contributed by atoms with van der Waals surface area (Å²) in [6, 6.07) is 5.84. The summed E-state index contributed by atoms with van der Waals surface area (Å²) < 4.78 is 0. The molecule has 3 atom stereocenters. The van der Waals surface area contributed by atoms with Crippen molar-refractivity contribution in [2.75, 3.05) is 19.4 Å². The zero-order valence-electron chi connectivity index (χ0n) is 11.8. The number of carbonyl (C=O) groups excluding carboxylic acids is 1. The van der Waals surface area contributed by atoms with E-state index in [1.165, 1.54) is 12.8 Å². The van der Waals surface area contributed by atoms with Crippen LogP contribution in [0.2, 0.25) is 5.02 Å². The SMILES string of the molecule is CN(C)C(=O)c1ccc(Cl)cc1NC1CC2CC=CC21. The molecule has 20 heavy (non-hydrogen) atoms. The zero-order chi connectivity index (χ0) is 14.3. The molecule has 0 bridgehead atoms. The fourth-order valence-corrected chi connectivity index (χ4v) is 3.32. The van der Waals surface area contributed by atoms with Gasteiger partial charge in [0.2, 0.25) is 0 Å². The summed E-state index contributed by atoms with van der Waals surface area (Å²) in [6.45, 7) is 0. The van der Waals surface area contributed by atoms with E-state index in [0.717, 1.165) is 11.6 Å². The number of nitrogens with one attached hydrogen (secondary N) is 1. The van der Waals surface area contributed by atoms with Crippen molar-refractivity contribution in [3.63, 3.8) is 0 Å². The van der Waals surface area contributed by atoms with E-state index in [9.17, 15) is 4.79 Å². The summed E-state index contributed by atoms with van der Waals surface area (Å²) in [7, 11) is 3.53. The first-order valence-electron chi connectivity index (χ1n) is 7.00. The summed E-state index contributed by atoms with van der Waals surface area (Å²) in [5.41, 5.74) is 1.53. The summed E-state index contributed by atoms with van der Waals surface area (Å²) in [5.74, 6) is 1.40. The first-order chi connectivity index (χ1) is 9.56. The third kappa shape index (κ3) is 2.31. The number of carbonyl (C=O) groups is 1. The molecule has 1 amide bonds. The lowest BCUT2D eigenvalue weighted by Crippen LogP contribution is -2.43. The van der Waals surface area contributed by atoms with Crippen LogP contribution in [0.1, 0.15) is 23.2 Å². The predicted octanol–water partition coefficient (Wildman–Crippen LogP) is 3.42. The van der Waals surface area contributed by atoms with E-state index in [0.29, 0.717) is 22.5 Å². The third-order valence-corrected chi connectivity index (χ3v) is 4.56. The van der Waals surface area contributed by atoms with Gasteiger partial charge in [-0.2, -0.15) is 0 Å². The Hall–Kier alpha value is -1.48. The normalized spacial score (nSPS) is 26.9. The first-order valence-corrected chi connectivity index (χ1v) is 7.38. The minimum atomic E-state index is 0.00186. The molecule has 1 saturated carbocycles. The van der Waals surface area contributed by atoms with E-state index in [-0.39, 0.29) is 5.91 Å². The van der Waals surface area contributed by atoms with Crippen LogP contribution >= 0.6 is 11.6 Å². The van der Waals surface area contributed by atoms with Gasteiger partial charge in [0, 0.05) is 36.8 Å². The van der Waals surface area contributed by atoms with Crippen molar-refractivity contribution in [1.29, 1.82) is 0 Å². The van der Waals surface area contributed by atoms with Gasteiger partial charge in [-0.25, -0.2) is 0 Å². The highest BCUT2D eigenvalue weighted by atomic mass is 35.5. The largest absolute Gasteiger partial charge is 0.381 e. The fraction of sp³-hybridized carbons (Fsp3) is 0.438. The van der Waals surface area contributed by atoms with Gasteiger partial charge in [-0.05, 0) is 37.0 Å². The second-order valence-corrected chi connectivity index (χ2v) is 6.31. The van der Waals surface area contributed by atoms with Gasteiger partial charge < -0.3 is 10.2 Å². The van der Waals surface area contributed by atoms with Crippen LogP contribution in [0.4, 0.5) is 5.69 Å². The van der Waals surface area contributed by atoms with Crippen LogP contribution in [0.25, 0.3) is 0 Å². The number of halogens is 1. The Morgan fingerprint density at radius 2 is 2.20 bits per heavy atom. The monoisotopic (exact) mass is 290 g/mol. The van der Waals surface area contributed by atoms with Crippen LogP contribution in [-0.4, -0.2) is 30.9 Å². The molecule has 0 spiro atoms. The number of rotatable bonds is 3. The van der Waals surface area contributed by atoms with Crippen LogP contribution in [0, 0.1) is 11.8 Å². The van der Waals surface area contributed by atoms with Crippen LogP contribution in [0.15, 0.2) is 30.4 Å². The molecule has 1 aromatic rings. The van der Waals surface area contributed by atoms with E-state index in [2.05, 4.69) is 17.5 Å². The van der Waals surface area contributed by atoms with Gasteiger partial charge >= 0.3 is 0 Å². The maximum atomic E-state index is 12.2. The quantitative estimate of drug-likeness (QED) is 0.865. The van der Waals surface area contributed by atoms with E-state index >= 15 is 0 Å². The molecule has 0 radical (unpaired) electrons. The van der Waals surface area contributed by atoms with Crippen molar-refractivity contribution in [1.82, 2.24) is 4.90 Å². The predicted molar refractivity (Wildman–Crippen MR) is 82.2 cm³/mol. The van der Waals surface area contributed by atoms with Crippen molar-refractivity contribution in [3.8, 4) is 0 Å². The van der Waals surface area contributed by atoms with Gasteiger partial charge in [-0.15, -0.1) is 0 Å². The van der Waals surface area contributed by atoms with E-state index in [1.807, 2.05) is 6.07 Å². The summed E-state index contributed by atoms with van der Waals surface area (Å²) in [5, 5.41) is 4.17. The molecule has 106 valence electrons. The minimum Gasteiger partial charge on any atom is -0.381 e. The highest BCUT2D eigenvalue weighted by Gasteiger charge is 2.41. The van der Waals surface area contributed by atoms with Crippen LogP contribution < -0.4 is 5.32 Å². The number of fused-ring (bicyclic) bond motifs is 1. The lowest BCUT2D eigenvalue weighted by Gasteiger charge is -2.41. The Balaban J connectivity index is 1.83. The second-order valence-electron chi connectivity index (χ2n) is 5.88. The molecular weight excluding hydrogens is 272 g/mol. The molecule has 1 fully saturated rings. The minimum absolute atomic E-state index is 0.00186. The number of allylic oxidation sites excluding steroid dienone is 1. The topological polar surface area (TPSA) is 32.3 Å². The average Bonchev–Trinajstić information content (AvgIpc) is 2.76. The van der Waals surface area contributed by atoms with Crippen LogP contribution in [0.5, 0.6) is 0 Å². The van der Waals surface area contributed by atoms with Crippen molar-refractivity contribution >= 4 is 23.2 Å². The molecule has 0 heterocycles. The number of hydrogen-bond donors (Lipinski definition) is 1. The number of hydrogen-bond acceptors (Lipinski definition) is 2. The smallest absolute Gasteiger partial charge is 0.255 e. The van der Waals surface area contributed by atoms with Crippen LogP contribution in [-0.2, 0) is 0 Å². The Bertz CT molecular complexity index is 568. The molecule has 2 aliphatic carbocycles. The molecule has 3 rings (SSSR count). The molecule has 1 aromatic carbocycles. The molecule has 0 aliphatic heterocycles. The lowest BCUT2D eigenvalue weighted by molar-refractivity contribution is 0.0828. The first kappa shape index (κ1) is 13.5. The van der Waals surface area contributed by atoms with E-state index in [4.69, 9.17) is 11.6 Å². The van der Waals surface area contributed by atoms with Crippen molar-refractivity contribution < 1.29 is 4.79 Å². The van der Waals surface area contributed by atoms with Crippen LogP contribution in [0.3, 0.4) is 0 Å². The molecule has 0 aromatic heterocycles. The molecule has 3 unspecified atom stereocenters. The maximum absolute atomic E-state index is 12.2. The Morgan fingerprint density at radius 1 is 1.40 bits per heavy atom. The maximum Gasteiger partial charge on any atom is 0.255 e. The number of amides is 1.